The number of hydrogen-bond donors (Lipinski definition) is 1. The summed E-state index contributed by atoms with van der Waals surface area (Å²) in [5.41, 5.74) is 0.568. The fraction of sp³-hybridized carbons (Fsp3) is 0.273. The minimum absolute atomic E-state index is 0.253. The number of rotatable bonds is 5. The molecule has 0 spiro atoms. The molecule has 0 aliphatic heterocycles. The Morgan fingerprint density at radius 2 is 1.91 bits per heavy atom. The predicted octanol–water partition coefficient (Wildman–Crippen LogP) is 0.399. The van der Waals surface area contributed by atoms with Gasteiger partial charge in [0.25, 0.3) is 0 Å². The van der Waals surface area contributed by atoms with Gasteiger partial charge < -0.3 is 4.42 Å². The zero-order chi connectivity index (χ0) is 16.5. The molecule has 0 saturated carbocycles. The summed E-state index contributed by atoms with van der Waals surface area (Å²) in [5.74, 6) is -1.16. The van der Waals surface area contributed by atoms with E-state index < -0.39 is 42.3 Å². The third-order valence-corrected chi connectivity index (χ3v) is 4.77. The first kappa shape index (κ1) is 16.5. The van der Waals surface area contributed by atoms with Crippen LogP contribution in [0.2, 0.25) is 0 Å². The first-order valence-electron chi connectivity index (χ1n) is 5.88. The Kier molecular flexibility index (Phi) is 4.31. The van der Waals surface area contributed by atoms with Crippen molar-refractivity contribution in [1.29, 1.82) is 0 Å². The molecule has 0 aliphatic carbocycles. The SMILES string of the molecule is Cc1ccc(F)c(S(=O)(=O)NCc2nnc(S(C)(=O)=O)o2)c1. The Labute approximate surface area is 126 Å². The predicted molar refractivity (Wildman–Crippen MR) is 72.6 cm³/mol. The molecule has 8 nitrogen and oxygen atoms in total. The molecule has 0 amide bonds. The molecule has 0 saturated heterocycles. The normalized spacial score (nSPS) is 12.5. The van der Waals surface area contributed by atoms with Gasteiger partial charge in [0.05, 0.1) is 6.54 Å². The fourth-order valence-electron chi connectivity index (χ4n) is 1.51. The van der Waals surface area contributed by atoms with Gasteiger partial charge in [-0.2, -0.15) is 0 Å². The minimum Gasteiger partial charge on any atom is -0.411 e. The van der Waals surface area contributed by atoms with Gasteiger partial charge in [-0.15, -0.1) is 5.10 Å². The van der Waals surface area contributed by atoms with Crippen molar-refractivity contribution in [2.75, 3.05) is 6.26 Å². The standard InChI is InChI=1S/C11H12FN3O5S2/c1-7-3-4-8(12)9(5-7)22(18,19)13-6-10-14-15-11(20-10)21(2,16)17/h3-5,13H,6H2,1-2H3. The molecule has 1 aromatic carbocycles. The number of sulfone groups is 1. The van der Waals surface area contributed by atoms with Crippen molar-refractivity contribution in [3.63, 3.8) is 0 Å². The summed E-state index contributed by atoms with van der Waals surface area (Å²) in [6.45, 7) is 1.16. The average molecular weight is 349 g/mol. The Morgan fingerprint density at radius 3 is 2.50 bits per heavy atom. The van der Waals surface area contributed by atoms with Gasteiger partial charge >= 0.3 is 5.22 Å². The van der Waals surface area contributed by atoms with Gasteiger partial charge in [-0.1, -0.05) is 11.2 Å². The number of nitrogens with zero attached hydrogens (tertiary/aromatic N) is 2. The van der Waals surface area contributed by atoms with Crippen LogP contribution in [-0.4, -0.2) is 33.3 Å². The van der Waals surface area contributed by atoms with Crippen molar-refractivity contribution in [3.8, 4) is 0 Å². The van der Waals surface area contributed by atoms with Crippen LogP contribution in [0.5, 0.6) is 0 Å². The smallest absolute Gasteiger partial charge is 0.335 e. The highest BCUT2D eigenvalue weighted by atomic mass is 32.2. The van der Waals surface area contributed by atoms with E-state index in [0.29, 0.717) is 5.56 Å². The molecule has 0 radical (unpaired) electrons. The zero-order valence-corrected chi connectivity index (χ0v) is 13.2. The monoisotopic (exact) mass is 349 g/mol. The maximum Gasteiger partial charge on any atom is 0.335 e. The van der Waals surface area contributed by atoms with Crippen molar-refractivity contribution in [1.82, 2.24) is 14.9 Å². The van der Waals surface area contributed by atoms with Crippen LogP contribution in [0, 0.1) is 12.7 Å². The largest absolute Gasteiger partial charge is 0.411 e. The maximum absolute atomic E-state index is 13.6. The summed E-state index contributed by atoms with van der Waals surface area (Å²) < 4.78 is 66.8. The fourth-order valence-corrected chi connectivity index (χ4v) is 3.08. The molecule has 1 aromatic heterocycles. The van der Waals surface area contributed by atoms with Crippen LogP contribution in [0.4, 0.5) is 4.39 Å². The molecule has 2 aromatic rings. The van der Waals surface area contributed by atoms with Crippen LogP contribution in [0.3, 0.4) is 0 Å². The molecule has 22 heavy (non-hydrogen) atoms. The second-order valence-corrected chi connectivity index (χ2v) is 8.12. The third kappa shape index (κ3) is 3.67. The van der Waals surface area contributed by atoms with Gasteiger partial charge in [-0.25, -0.2) is 25.9 Å². The molecular weight excluding hydrogens is 337 g/mol. The maximum atomic E-state index is 13.6. The lowest BCUT2D eigenvalue weighted by molar-refractivity contribution is 0.394. The van der Waals surface area contributed by atoms with E-state index in [-0.39, 0.29) is 5.89 Å². The Bertz CT molecular complexity index is 906. The van der Waals surface area contributed by atoms with Crippen molar-refractivity contribution < 1.29 is 25.6 Å². The van der Waals surface area contributed by atoms with Crippen LogP contribution in [0.25, 0.3) is 0 Å². The Hall–Kier alpha value is -1.85. The van der Waals surface area contributed by atoms with Crippen molar-refractivity contribution in [3.05, 3.63) is 35.5 Å². The minimum atomic E-state index is -4.14. The van der Waals surface area contributed by atoms with Crippen molar-refractivity contribution in [2.24, 2.45) is 0 Å². The number of sulfonamides is 1. The second-order valence-electron chi connectivity index (χ2n) is 4.49. The summed E-state index contributed by atoms with van der Waals surface area (Å²) in [6, 6.07) is 3.65. The number of benzene rings is 1. The van der Waals surface area contributed by atoms with E-state index in [4.69, 9.17) is 4.42 Å². The van der Waals surface area contributed by atoms with E-state index in [0.717, 1.165) is 12.3 Å². The lowest BCUT2D eigenvalue weighted by Crippen LogP contribution is -2.24. The molecule has 2 rings (SSSR count). The summed E-state index contributed by atoms with van der Waals surface area (Å²) in [6.07, 6.45) is 0.872. The summed E-state index contributed by atoms with van der Waals surface area (Å²) in [7, 11) is -7.82. The van der Waals surface area contributed by atoms with Gasteiger partial charge in [0.2, 0.25) is 25.8 Å². The van der Waals surface area contributed by atoms with E-state index in [1.165, 1.54) is 12.1 Å². The summed E-state index contributed by atoms with van der Waals surface area (Å²) >= 11 is 0. The van der Waals surface area contributed by atoms with Crippen molar-refractivity contribution in [2.45, 2.75) is 23.6 Å². The molecule has 0 atom stereocenters. The molecule has 11 heteroatoms. The van der Waals surface area contributed by atoms with Crippen LogP contribution < -0.4 is 4.72 Å². The number of aryl methyl sites for hydroxylation is 1. The van der Waals surface area contributed by atoms with Crippen LogP contribution in [0.15, 0.2) is 32.7 Å². The van der Waals surface area contributed by atoms with E-state index in [1.807, 2.05) is 0 Å². The van der Waals surface area contributed by atoms with Crippen LogP contribution in [-0.2, 0) is 26.4 Å². The molecule has 120 valence electrons. The van der Waals surface area contributed by atoms with Gasteiger partial charge in [0.15, 0.2) is 0 Å². The van der Waals surface area contributed by atoms with Gasteiger partial charge in [-0.3, -0.25) is 0 Å². The first-order valence-corrected chi connectivity index (χ1v) is 9.25. The van der Waals surface area contributed by atoms with E-state index in [2.05, 4.69) is 14.9 Å². The van der Waals surface area contributed by atoms with E-state index >= 15 is 0 Å². The second kappa shape index (κ2) is 5.74. The zero-order valence-electron chi connectivity index (χ0n) is 11.6. The van der Waals surface area contributed by atoms with Crippen LogP contribution >= 0.6 is 0 Å². The highest BCUT2D eigenvalue weighted by Gasteiger charge is 2.21. The van der Waals surface area contributed by atoms with Gasteiger partial charge in [0, 0.05) is 6.26 Å². The van der Waals surface area contributed by atoms with Gasteiger partial charge in [0.1, 0.15) is 10.7 Å². The van der Waals surface area contributed by atoms with Crippen LogP contribution in [0.1, 0.15) is 11.5 Å². The quantitative estimate of drug-likeness (QED) is 0.829. The average Bonchev–Trinajstić information content (AvgIpc) is 2.88. The molecule has 1 N–H and O–H groups in total. The third-order valence-electron chi connectivity index (χ3n) is 2.56. The number of halogens is 1. The highest BCUT2D eigenvalue weighted by molar-refractivity contribution is 7.90. The van der Waals surface area contributed by atoms with E-state index in [9.17, 15) is 21.2 Å². The highest BCUT2D eigenvalue weighted by Crippen LogP contribution is 2.16. The topological polar surface area (TPSA) is 119 Å². The van der Waals surface area contributed by atoms with Crippen molar-refractivity contribution >= 4 is 19.9 Å². The number of aromatic nitrogens is 2. The molecular formula is C11H12FN3O5S2. The summed E-state index contributed by atoms with van der Waals surface area (Å²) in [5, 5.41) is 6.06. The van der Waals surface area contributed by atoms with E-state index in [1.54, 1.807) is 6.92 Å². The molecule has 0 unspecified atom stereocenters. The first-order chi connectivity index (χ1) is 10.1. The number of nitrogens with one attached hydrogen (secondary N) is 1. The summed E-state index contributed by atoms with van der Waals surface area (Å²) in [4.78, 5) is -0.518. The lowest BCUT2D eigenvalue weighted by atomic mass is 10.2. The Morgan fingerprint density at radius 1 is 1.23 bits per heavy atom. The van der Waals surface area contributed by atoms with Gasteiger partial charge in [-0.05, 0) is 24.6 Å². The number of hydrogen-bond acceptors (Lipinski definition) is 7. The molecule has 0 fully saturated rings. The lowest BCUT2D eigenvalue weighted by Gasteiger charge is -2.06. The molecule has 0 aliphatic rings. The molecule has 0 bridgehead atoms. The Balaban J connectivity index is 2.20. The molecule has 1 heterocycles.